The Labute approximate surface area is 119 Å². The summed E-state index contributed by atoms with van der Waals surface area (Å²) in [5.74, 6) is -0.997. The van der Waals surface area contributed by atoms with Crippen LogP contribution in [-0.4, -0.2) is 35.4 Å². The molecule has 0 radical (unpaired) electrons. The highest BCUT2D eigenvalue weighted by molar-refractivity contribution is 5.95. The van der Waals surface area contributed by atoms with Crippen molar-refractivity contribution in [2.24, 2.45) is 0 Å². The van der Waals surface area contributed by atoms with Gasteiger partial charge in [0.2, 0.25) is 0 Å². The summed E-state index contributed by atoms with van der Waals surface area (Å²) in [6.07, 6.45) is 3.99. The number of aliphatic hydroxyl groups is 1. The molecule has 20 heavy (non-hydrogen) atoms. The van der Waals surface area contributed by atoms with Crippen LogP contribution in [0.2, 0.25) is 0 Å². The zero-order valence-electron chi connectivity index (χ0n) is 11.8. The van der Waals surface area contributed by atoms with E-state index in [9.17, 15) is 15.0 Å². The van der Waals surface area contributed by atoms with Gasteiger partial charge in [-0.3, -0.25) is 0 Å². The van der Waals surface area contributed by atoms with Gasteiger partial charge in [-0.2, -0.15) is 0 Å². The Morgan fingerprint density at radius 3 is 2.85 bits per heavy atom. The number of aliphatic hydroxyl groups excluding tert-OH is 1. The van der Waals surface area contributed by atoms with Gasteiger partial charge >= 0.3 is 5.97 Å². The third-order valence-corrected chi connectivity index (χ3v) is 4.02. The maximum atomic E-state index is 11.3. The normalized spacial score (nSPS) is 19.1. The molecular formula is C15H22N2O3. The van der Waals surface area contributed by atoms with Crippen molar-refractivity contribution < 1.29 is 15.0 Å². The van der Waals surface area contributed by atoms with Crippen molar-refractivity contribution >= 4 is 17.3 Å². The molecule has 1 heterocycles. The van der Waals surface area contributed by atoms with Gasteiger partial charge in [-0.15, -0.1) is 0 Å². The van der Waals surface area contributed by atoms with E-state index in [0.29, 0.717) is 12.1 Å². The minimum Gasteiger partial charge on any atom is -0.478 e. The lowest BCUT2D eigenvalue weighted by Gasteiger charge is -2.38. The van der Waals surface area contributed by atoms with Crippen LogP contribution < -0.4 is 10.6 Å². The summed E-state index contributed by atoms with van der Waals surface area (Å²) >= 11 is 0. The van der Waals surface area contributed by atoms with Gasteiger partial charge in [0.25, 0.3) is 0 Å². The van der Waals surface area contributed by atoms with Crippen LogP contribution in [0.25, 0.3) is 0 Å². The fourth-order valence-electron chi connectivity index (χ4n) is 2.91. The fraction of sp³-hybridized carbons (Fsp3) is 0.533. The van der Waals surface area contributed by atoms with Gasteiger partial charge in [0.05, 0.1) is 5.56 Å². The Morgan fingerprint density at radius 2 is 2.20 bits per heavy atom. The molecule has 1 aliphatic heterocycles. The molecule has 0 spiro atoms. The van der Waals surface area contributed by atoms with E-state index in [1.165, 1.54) is 0 Å². The van der Waals surface area contributed by atoms with E-state index < -0.39 is 5.97 Å². The molecule has 1 aromatic carbocycles. The number of piperidine rings is 1. The highest BCUT2D eigenvalue weighted by Gasteiger charge is 2.24. The molecule has 1 aromatic rings. The smallest absolute Gasteiger partial charge is 0.337 e. The molecule has 0 aromatic heterocycles. The van der Waals surface area contributed by atoms with Gasteiger partial charge in [-0.1, -0.05) is 0 Å². The van der Waals surface area contributed by atoms with E-state index in [0.717, 1.165) is 37.1 Å². The Kier molecular flexibility index (Phi) is 4.49. The monoisotopic (exact) mass is 278 g/mol. The molecular weight excluding hydrogens is 256 g/mol. The predicted octanol–water partition coefficient (Wildman–Crippen LogP) is 2.02. The van der Waals surface area contributed by atoms with E-state index in [1.54, 1.807) is 6.07 Å². The van der Waals surface area contributed by atoms with Crippen LogP contribution in [0.5, 0.6) is 0 Å². The maximum absolute atomic E-state index is 11.3. The summed E-state index contributed by atoms with van der Waals surface area (Å²) in [7, 11) is 0. The second kappa shape index (κ2) is 6.13. The predicted molar refractivity (Wildman–Crippen MR) is 79.2 cm³/mol. The van der Waals surface area contributed by atoms with Crippen molar-refractivity contribution in [3.8, 4) is 0 Å². The Hall–Kier alpha value is -1.75. The third-order valence-electron chi connectivity index (χ3n) is 4.02. The van der Waals surface area contributed by atoms with Crippen LogP contribution in [-0.2, 0) is 0 Å². The highest BCUT2D eigenvalue weighted by atomic mass is 16.4. The first-order valence-corrected chi connectivity index (χ1v) is 7.05. The van der Waals surface area contributed by atoms with Crippen molar-refractivity contribution in [3.05, 3.63) is 23.3 Å². The molecule has 1 saturated heterocycles. The summed E-state index contributed by atoms with van der Waals surface area (Å²) in [5.41, 5.74) is 8.01. The summed E-state index contributed by atoms with van der Waals surface area (Å²) in [4.78, 5) is 13.5. The second-order valence-electron chi connectivity index (χ2n) is 5.38. The number of nitrogen functional groups attached to an aromatic ring is 1. The van der Waals surface area contributed by atoms with Crippen LogP contribution in [0.1, 0.15) is 41.6 Å². The Bertz CT molecular complexity index is 500. The number of carboxylic acid groups (broad SMARTS) is 1. The number of hydrogen-bond donors (Lipinski definition) is 3. The second-order valence-corrected chi connectivity index (χ2v) is 5.38. The first-order chi connectivity index (χ1) is 9.54. The number of aromatic carboxylic acids is 1. The molecule has 1 atom stereocenters. The first-order valence-electron chi connectivity index (χ1n) is 7.05. The van der Waals surface area contributed by atoms with E-state index in [4.69, 9.17) is 5.73 Å². The minimum atomic E-state index is -0.997. The number of rotatable bonds is 4. The number of carboxylic acids is 1. The molecule has 0 saturated carbocycles. The molecule has 5 nitrogen and oxygen atoms in total. The van der Waals surface area contributed by atoms with Crippen molar-refractivity contribution in [2.75, 3.05) is 23.8 Å². The third kappa shape index (κ3) is 2.88. The van der Waals surface area contributed by atoms with Gasteiger partial charge in [-0.25, -0.2) is 4.79 Å². The van der Waals surface area contributed by atoms with Crippen LogP contribution >= 0.6 is 0 Å². The lowest BCUT2D eigenvalue weighted by molar-refractivity contribution is 0.0698. The number of nitrogens with two attached hydrogens (primary N) is 1. The van der Waals surface area contributed by atoms with Gasteiger partial charge in [-0.05, 0) is 50.3 Å². The molecule has 1 fully saturated rings. The quantitative estimate of drug-likeness (QED) is 0.733. The molecule has 0 aliphatic carbocycles. The van der Waals surface area contributed by atoms with Gasteiger partial charge in [0.1, 0.15) is 0 Å². The lowest BCUT2D eigenvalue weighted by atomic mass is 9.97. The molecule has 1 aliphatic rings. The number of carbonyl (C=O) groups is 1. The van der Waals surface area contributed by atoms with Crippen LogP contribution in [0.4, 0.5) is 11.4 Å². The maximum Gasteiger partial charge on any atom is 0.337 e. The summed E-state index contributed by atoms with van der Waals surface area (Å²) in [5, 5.41) is 18.4. The Balaban J connectivity index is 2.37. The van der Waals surface area contributed by atoms with Crippen LogP contribution in [0.15, 0.2) is 12.1 Å². The average Bonchev–Trinajstić information content (AvgIpc) is 2.42. The lowest BCUT2D eigenvalue weighted by Crippen LogP contribution is -2.40. The van der Waals surface area contributed by atoms with Gasteiger partial charge in [0, 0.05) is 30.6 Å². The standard InChI is InChI=1S/C15H22N2O3/c1-10-8-12(9-13(14(10)16)15(19)20)17-6-3-2-4-11(17)5-7-18/h8-9,11,18H,2-7,16H2,1H3,(H,19,20). The van der Waals surface area contributed by atoms with Crippen molar-refractivity contribution in [1.29, 1.82) is 0 Å². The molecule has 0 bridgehead atoms. The summed E-state index contributed by atoms with van der Waals surface area (Å²) < 4.78 is 0. The SMILES string of the molecule is Cc1cc(N2CCCCC2CCO)cc(C(=O)O)c1N. The molecule has 4 N–H and O–H groups in total. The number of aryl methyl sites for hydroxylation is 1. The van der Waals surface area contributed by atoms with E-state index in [2.05, 4.69) is 4.90 Å². The number of anilines is 2. The van der Waals surface area contributed by atoms with E-state index in [-0.39, 0.29) is 18.2 Å². The largest absolute Gasteiger partial charge is 0.478 e. The van der Waals surface area contributed by atoms with Gasteiger partial charge in [0.15, 0.2) is 0 Å². The summed E-state index contributed by atoms with van der Waals surface area (Å²) in [6.45, 7) is 2.88. The molecule has 110 valence electrons. The van der Waals surface area contributed by atoms with Crippen LogP contribution in [0, 0.1) is 6.92 Å². The molecule has 5 heteroatoms. The van der Waals surface area contributed by atoms with E-state index >= 15 is 0 Å². The number of nitrogens with zero attached hydrogens (tertiary/aromatic N) is 1. The Morgan fingerprint density at radius 1 is 1.45 bits per heavy atom. The van der Waals surface area contributed by atoms with Crippen molar-refractivity contribution in [2.45, 2.75) is 38.6 Å². The number of benzene rings is 1. The zero-order valence-corrected chi connectivity index (χ0v) is 11.8. The summed E-state index contributed by atoms with van der Waals surface area (Å²) in [6, 6.07) is 3.87. The molecule has 1 unspecified atom stereocenters. The first kappa shape index (κ1) is 14.7. The van der Waals surface area contributed by atoms with Crippen molar-refractivity contribution in [3.63, 3.8) is 0 Å². The van der Waals surface area contributed by atoms with Crippen molar-refractivity contribution in [1.82, 2.24) is 0 Å². The zero-order chi connectivity index (χ0) is 14.7. The number of hydrogen-bond acceptors (Lipinski definition) is 4. The average molecular weight is 278 g/mol. The minimum absolute atomic E-state index is 0.154. The fourth-order valence-corrected chi connectivity index (χ4v) is 2.91. The van der Waals surface area contributed by atoms with Gasteiger partial charge < -0.3 is 20.8 Å². The molecule has 2 rings (SSSR count). The molecule has 0 amide bonds. The van der Waals surface area contributed by atoms with E-state index in [1.807, 2.05) is 13.0 Å². The van der Waals surface area contributed by atoms with Crippen LogP contribution in [0.3, 0.4) is 0 Å². The topological polar surface area (TPSA) is 86.8 Å². The highest BCUT2D eigenvalue weighted by Crippen LogP contribution is 2.31.